The Bertz CT molecular complexity index is 804. The van der Waals surface area contributed by atoms with Crippen molar-refractivity contribution in [3.63, 3.8) is 0 Å². The number of amides is 1. The molecule has 0 aliphatic rings. The molecule has 0 saturated heterocycles. The fourth-order valence-corrected chi connectivity index (χ4v) is 2.99. The van der Waals surface area contributed by atoms with Crippen molar-refractivity contribution < 1.29 is 13.2 Å². The molecule has 0 unspecified atom stereocenters. The number of carbonyl (C=O) groups excluding carboxylic acids is 1. The number of rotatable bonds is 3. The molecule has 21 heavy (non-hydrogen) atoms. The maximum atomic E-state index is 12.2. The lowest BCUT2D eigenvalue weighted by Gasteiger charge is -2.08. The van der Waals surface area contributed by atoms with E-state index < -0.39 is 10.0 Å². The second-order valence-corrected chi connectivity index (χ2v) is 6.93. The quantitative estimate of drug-likeness (QED) is 0.872. The molecule has 0 radical (unpaired) electrons. The summed E-state index contributed by atoms with van der Waals surface area (Å²) in [6, 6.07) is 11.1. The van der Waals surface area contributed by atoms with Crippen LogP contribution in [0.2, 0.25) is 0 Å². The van der Waals surface area contributed by atoms with Crippen molar-refractivity contribution in [3.05, 3.63) is 58.1 Å². The zero-order valence-electron chi connectivity index (χ0n) is 11.1. The van der Waals surface area contributed by atoms with Crippen LogP contribution in [0.15, 0.2) is 51.8 Å². The standard InChI is InChI=1S/C14H13BrN2O3S/c1-9-5-6-12(13(15)7-9)14(18)17-10-3-2-4-11(8-10)21(16,19)20/h2-8H,1H3,(H,17,18)(H2,16,19,20). The van der Waals surface area contributed by atoms with Crippen LogP contribution in [-0.2, 0) is 10.0 Å². The van der Waals surface area contributed by atoms with Gasteiger partial charge in [-0.1, -0.05) is 12.1 Å². The van der Waals surface area contributed by atoms with Crippen LogP contribution >= 0.6 is 15.9 Å². The monoisotopic (exact) mass is 368 g/mol. The molecule has 0 aliphatic carbocycles. The molecule has 7 heteroatoms. The third kappa shape index (κ3) is 3.90. The summed E-state index contributed by atoms with van der Waals surface area (Å²) in [5.74, 6) is -0.339. The van der Waals surface area contributed by atoms with Crippen molar-refractivity contribution in [2.24, 2.45) is 5.14 Å². The number of hydrogen-bond acceptors (Lipinski definition) is 3. The number of anilines is 1. The predicted octanol–water partition coefficient (Wildman–Crippen LogP) is 2.66. The van der Waals surface area contributed by atoms with Crippen molar-refractivity contribution in [3.8, 4) is 0 Å². The Morgan fingerprint density at radius 2 is 1.90 bits per heavy atom. The normalized spacial score (nSPS) is 11.2. The lowest BCUT2D eigenvalue weighted by molar-refractivity contribution is 0.102. The van der Waals surface area contributed by atoms with Gasteiger partial charge in [0, 0.05) is 10.2 Å². The first kappa shape index (κ1) is 15.7. The molecule has 0 atom stereocenters. The Balaban J connectivity index is 2.28. The van der Waals surface area contributed by atoms with Gasteiger partial charge in [-0.15, -0.1) is 0 Å². The molecule has 1 amide bonds. The first-order chi connectivity index (χ1) is 9.77. The van der Waals surface area contributed by atoms with E-state index in [9.17, 15) is 13.2 Å². The van der Waals surface area contributed by atoms with Gasteiger partial charge in [0.1, 0.15) is 0 Å². The Morgan fingerprint density at radius 1 is 1.19 bits per heavy atom. The van der Waals surface area contributed by atoms with Crippen molar-refractivity contribution in [2.45, 2.75) is 11.8 Å². The van der Waals surface area contributed by atoms with Crippen molar-refractivity contribution >= 4 is 37.5 Å². The van der Waals surface area contributed by atoms with E-state index in [1.165, 1.54) is 18.2 Å². The number of halogens is 1. The molecule has 110 valence electrons. The van der Waals surface area contributed by atoms with E-state index in [1.807, 2.05) is 19.1 Å². The van der Waals surface area contributed by atoms with Crippen molar-refractivity contribution in [1.82, 2.24) is 0 Å². The van der Waals surface area contributed by atoms with Crippen LogP contribution in [0, 0.1) is 6.92 Å². The molecule has 2 aromatic carbocycles. The maximum Gasteiger partial charge on any atom is 0.256 e. The van der Waals surface area contributed by atoms with Gasteiger partial charge in [-0.05, 0) is 58.7 Å². The van der Waals surface area contributed by atoms with Crippen LogP contribution < -0.4 is 10.5 Å². The summed E-state index contributed by atoms with van der Waals surface area (Å²) in [5, 5.41) is 7.70. The van der Waals surface area contributed by atoms with Crippen LogP contribution in [0.25, 0.3) is 0 Å². The van der Waals surface area contributed by atoms with Crippen molar-refractivity contribution in [1.29, 1.82) is 0 Å². The minimum absolute atomic E-state index is 0.0525. The molecule has 3 N–H and O–H groups in total. The van der Waals surface area contributed by atoms with Gasteiger partial charge in [0.15, 0.2) is 0 Å². The number of hydrogen-bond donors (Lipinski definition) is 2. The molecule has 5 nitrogen and oxygen atoms in total. The Hall–Kier alpha value is -1.70. The number of benzene rings is 2. The van der Waals surface area contributed by atoms with Crippen LogP contribution in [-0.4, -0.2) is 14.3 Å². The van der Waals surface area contributed by atoms with E-state index in [0.717, 1.165) is 5.56 Å². The molecular weight excluding hydrogens is 356 g/mol. The van der Waals surface area contributed by atoms with Crippen LogP contribution in [0.3, 0.4) is 0 Å². The largest absolute Gasteiger partial charge is 0.322 e. The summed E-state index contributed by atoms with van der Waals surface area (Å²) in [6.07, 6.45) is 0. The highest BCUT2D eigenvalue weighted by atomic mass is 79.9. The second kappa shape index (κ2) is 5.97. The summed E-state index contributed by atoms with van der Waals surface area (Å²) >= 11 is 3.33. The van der Waals surface area contributed by atoms with E-state index in [0.29, 0.717) is 15.7 Å². The third-order valence-electron chi connectivity index (χ3n) is 2.79. The van der Waals surface area contributed by atoms with Crippen LogP contribution in [0.5, 0.6) is 0 Å². The minimum atomic E-state index is -3.80. The number of carbonyl (C=O) groups is 1. The van der Waals surface area contributed by atoms with E-state index in [-0.39, 0.29) is 10.8 Å². The van der Waals surface area contributed by atoms with E-state index in [1.54, 1.807) is 12.1 Å². The highest BCUT2D eigenvalue weighted by molar-refractivity contribution is 9.10. The van der Waals surface area contributed by atoms with Crippen LogP contribution in [0.4, 0.5) is 5.69 Å². The molecule has 2 aromatic rings. The maximum absolute atomic E-state index is 12.2. The number of sulfonamides is 1. The molecule has 0 heterocycles. The van der Waals surface area contributed by atoms with E-state index >= 15 is 0 Å². The molecule has 0 bridgehead atoms. The van der Waals surface area contributed by atoms with Gasteiger partial charge in [-0.2, -0.15) is 0 Å². The summed E-state index contributed by atoms with van der Waals surface area (Å²) in [5.41, 5.74) is 1.84. The summed E-state index contributed by atoms with van der Waals surface area (Å²) in [4.78, 5) is 12.1. The number of primary sulfonamides is 1. The van der Waals surface area contributed by atoms with Gasteiger partial charge in [0.2, 0.25) is 10.0 Å². The van der Waals surface area contributed by atoms with E-state index in [2.05, 4.69) is 21.2 Å². The fourth-order valence-electron chi connectivity index (χ4n) is 1.75. The lowest BCUT2D eigenvalue weighted by atomic mass is 10.1. The second-order valence-electron chi connectivity index (χ2n) is 4.51. The van der Waals surface area contributed by atoms with Gasteiger partial charge < -0.3 is 5.32 Å². The molecule has 0 saturated carbocycles. The van der Waals surface area contributed by atoms with Gasteiger partial charge in [-0.25, -0.2) is 13.6 Å². The van der Waals surface area contributed by atoms with Gasteiger partial charge >= 0.3 is 0 Å². The van der Waals surface area contributed by atoms with Gasteiger partial charge in [0.25, 0.3) is 5.91 Å². The molecular formula is C14H13BrN2O3S. The van der Waals surface area contributed by atoms with E-state index in [4.69, 9.17) is 5.14 Å². The van der Waals surface area contributed by atoms with Crippen LogP contribution in [0.1, 0.15) is 15.9 Å². The summed E-state index contributed by atoms with van der Waals surface area (Å²) in [6.45, 7) is 1.92. The highest BCUT2D eigenvalue weighted by Crippen LogP contribution is 2.21. The predicted molar refractivity (Wildman–Crippen MR) is 84.6 cm³/mol. The zero-order valence-corrected chi connectivity index (χ0v) is 13.5. The van der Waals surface area contributed by atoms with Crippen molar-refractivity contribution in [2.75, 3.05) is 5.32 Å². The average molecular weight is 369 g/mol. The minimum Gasteiger partial charge on any atom is -0.322 e. The number of nitrogens with two attached hydrogens (primary N) is 1. The Kier molecular flexibility index (Phi) is 4.46. The highest BCUT2D eigenvalue weighted by Gasteiger charge is 2.12. The molecule has 0 spiro atoms. The third-order valence-corrected chi connectivity index (χ3v) is 4.36. The molecule has 2 rings (SSSR count). The first-order valence-electron chi connectivity index (χ1n) is 5.98. The Labute approximate surface area is 131 Å². The Morgan fingerprint density at radius 3 is 2.52 bits per heavy atom. The summed E-state index contributed by atoms with van der Waals surface area (Å²) in [7, 11) is -3.80. The van der Waals surface area contributed by atoms with Gasteiger partial charge in [0.05, 0.1) is 10.5 Å². The number of nitrogens with one attached hydrogen (secondary N) is 1. The zero-order chi connectivity index (χ0) is 15.6. The molecule has 0 aromatic heterocycles. The topological polar surface area (TPSA) is 89.3 Å². The van der Waals surface area contributed by atoms with Gasteiger partial charge in [-0.3, -0.25) is 4.79 Å². The lowest BCUT2D eigenvalue weighted by Crippen LogP contribution is -2.15. The fraction of sp³-hybridized carbons (Fsp3) is 0.0714. The number of aryl methyl sites for hydroxylation is 1. The molecule has 0 fully saturated rings. The average Bonchev–Trinajstić information content (AvgIpc) is 2.37. The summed E-state index contributed by atoms with van der Waals surface area (Å²) < 4.78 is 23.2. The SMILES string of the molecule is Cc1ccc(C(=O)Nc2cccc(S(N)(=O)=O)c2)c(Br)c1. The smallest absolute Gasteiger partial charge is 0.256 e. The first-order valence-corrected chi connectivity index (χ1v) is 8.31. The molecule has 0 aliphatic heterocycles.